The Kier molecular flexibility index (Phi) is 31.7. The molecule has 278 valence electrons. The molecule has 0 aromatic rings. The number of rotatable bonds is 31. The summed E-state index contributed by atoms with van der Waals surface area (Å²) < 4.78 is 32.3. The molecule has 0 radical (unpaired) electrons. The van der Waals surface area contributed by atoms with Gasteiger partial charge in [-0.2, -0.15) is 0 Å². The average molecular weight is 709 g/mol. The highest BCUT2D eigenvalue weighted by molar-refractivity contribution is 7.47. The van der Waals surface area contributed by atoms with Crippen LogP contribution in [0.1, 0.15) is 104 Å². The number of aliphatic hydroxyl groups is 2. The van der Waals surface area contributed by atoms with Gasteiger partial charge in [0.05, 0.1) is 19.8 Å². The number of hydrogen-bond donors (Lipinski definition) is 3. The molecule has 0 aromatic carbocycles. The van der Waals surface area contributed by atoms with E-state index in [-0.39, 0.29) is 19.4 Å². The highest BCUT2D eigenvalue weighted by Crippen LogP contribution is 2.43. The predicted octanol–water partition coefficient (Wildman–Crippen LogP) is 8.32. The quantitative estimate of drug-likeness (QED) is 0.0211. The van der Waals surface area contributed by atoms with Crippen LogP contribution in [0.25, 0.3) is 0 Å². The maximum absolute atomic E-state index is 12.5. The van der Waals surface area contributed by atoms with E-state index < -0.39 is 51.8 Å². The lowest BCUT2D eigenvalue weighted by Gasteiger charge is -2.20. The number of hydrogen-bond acceptors (Lipinski definition) is 9. The van der Waals surface area contributed by atoms with E-state index in [0.717, 1.165) is 19.3 Å². The van der Waals surface area contributed by atoms with Crippen molar-refractivity contribution in [3.05, 3.63) is 85.1 Å². The molecule has 0 saturated heterocycles. The minimum Gasteiger partial charge on any atom is -0.462 e. The van der Waals surface area contributed by atoms with Crippen molar-refractivity contribution >= 4 is 19.8 Å². The van der Waals surface area contributed by atoms with Gasteiger partial charge in [-0.3, -0.25) is 18.6 Å². The van der Waals surface area contributed by atoms with Crippen molar-refractivity contribution in [3.63, 3.8) is 0 Å². The molecule has 0 bridgehead atoms. The molecular weight excluding hydrogens is 647 g/mol. The lowest BCUT2D eigenvalue weighted by Crippen LogP contribution is -2.29. The Morgan fingerprint density at radius 3 is 1.92 bits per heavy atom. The molecule has 0 aliphatic carbocycles. The van der Waals surface area contributed by atoms with Gasteiger partial charge in [0.15, 0.2) is 6.10 Å². The molecule has 49 heavy (non-hydrogen) atoms. The Morgan fingerprint density at radius 2 is 1.24 bits per heavy atom. The minimum atomic E-state index is -4.64. The van der Waals surface area contributed by atoms with Gasteiger partial charge in [0.2, 0.25) is 0 Å². The molecule has 0 aliphatic rings. The van der Waals surface area contributed by atoms with Crippen molar-refractivity contribution in [1.82, 2.24) is 0 Å². The number of phosphoric ester groups is 1. The van der Waals surface area contributed by atoms with Crippen molar-refractivity contribution in [2.24, 2.45) is 0 Å². The van der Waals surface area contributed by atoms with Crippen molar-refractivity contribution in [1.29, 1.82) is 0 Å². The normalized spacial score (nSPS) is 15.1. The van der Waals surface area contributed by atoms with E-state index >= 15 is 0 Å². The first-order chi connectivity index (χ1) is 23.7. The van der Waals surface area contributed by atoms with Crippen LogP contribution in [0.3, 0.4) is 0 Å². The standard InChI is InChI=1S/C38H61O10P/c1-3-5-7-9-11-13-15-17-19-21-23-25-27-29-37(41)45-33-36(34-47-49(43,44)46-32-35(40)31-39)48-38(42)30-28-26-24-22-20-18-16-14-12-10-8-6-4-2/h6,8,10,12,14,16-20,22-25,35-36,39-40H,3-5,7,9,11,13,15,21,26-34H2,1-2H3,(H,43,44)/b8-6+,12-10+,16-14+,19-17+,20-18+,24-22+,25-23+/t35-,36?/m0/s1. The largest absolute Gasteiger partial charge is 0.472 e. The number of ether oxygens (including phenoxy) is 2. The van der Waals surface area contributed by atoms with Gasteiger partial charge in [0.1, 0.15) is 12.7 Å². The van der Waals surface area contributed by atoms with Crippen LogP contribution in [0.2, 0.25) is 0 Å². The molecule has 3 N–H and O–H groups in total. The first-order valence-corrected chi connectivity index (χ1v) is 19.1. The third-order valence-corrected chi connectivity index (χ3v) is 7.63. The van der Waals surface area contributed by atoms with Crippen LogP contribution < -0.4 is 0 Å². The van der Waals surface area contributed by atoms with E-state index in [9.17, 15) is 24.2 Å². The van der Waals surface area contributed by atoms with E-state index in [1.165, 1.54) is 38.5 Å². The molecule has 3 atom stereocenters. The summed E-state index contributed by atoms with van der Waals surface area (Å²) in [6.45, 7) is 2.02. The lowest BCUT2D eigenvalue weighted by molar-refractivity contribution is -0.161. The van der Waals surface area contributed by atoms with Crippen LogP contribution in [0.4, 0.5) is 0 Å². The number of esters is 2. The topological polar surface area (TPSA) is 149 Å². The van der Waals surface area contributed by atoms with Crippen LogP contribution in [-0.2, 0) is 32.7 Å². The summed E-state index contributed by atoms with van der Waals surface area (Å²) in [6, 6.07) is 0. The van der Waals surface area contributed by atoms with Gasteiger partial charge < -0.3 is 24.6 Å². The van der Waals surface area contributed by atoms with Gasteiger partial charge in [-0.1, -0.05) is 131 Å². The van der Waals surface area contributed by atoms with Gasteiger partial charge in [0.25, 0.3) is 0 Å². The number of aliphatic hydroxyl groups excluding tert-OH is 2. The van der Waals surface area contributed by atoms with Crippen LogP contribution >= 0.6 is 7.82 Å². The molecule has 2 unspecified atom stereocenters. The van der Waals surface area contributed by atoms with Crippen molar-refractivity contribution in [2.45, 2.75) is 116 Å². The van der Waals surface area contributed by atoms with Crippen LogP contribution in [-0.4, -0.2) is 65.7 Å². The molecule has 0 rings (SSSR count). The monoisotopic (exact) mass is 708 g/mol. The van der Waals surface area contributed by atoms with Crippen LogP contribution in [0.5, 0.6) is 0 Å². The zero-order valence-electron chi connectivity index (χ0n) is 29.6. The van der Waals surface area contributed by atoms with Gasteiger partial charge in [-0.15, -0.1) is 0 Å². The maximum atomic E-state index is 12.5. The third-order valence-electron chi connectivity index (χ3n) is 6.68. The molecule has 11 heteroatoms. The molecule has 0 fully saturated rings. The fourth-order valence-corrected chi connectivity index (χ4v) is 4.75. The second kappa shape index (κ2) is 33.6. The van der Waals surface area contributed by atoms with Crippen molar-refractivity contribution in [3.8, 4) is 0 Å². The molecule has 0 heterocycles. The fourth-order valence-electron chi connectivity index (χ4n) is 3.96. The fraction of sp³-hybridized carbons (Fsp3) is 0.579. The molecule has 0 aromatic heterocycles. The van der Waals surface area contributed by atoms with Crippen LogP contribution in [0.15, 0.2) is 85.1 Å². The molecule has 0 amide bonds. The first kappa shape index (κ1) is 46.1. The summed E-state index contributed by atoms with van der Waals surface area (Å²) in [7, 11) is -4.64. The van der Waals surface area contributed by atoms with Gasteiger partial charge in [-0.05, 0) is 44.9 Å². The molecule has 10 nitrogen and oxygen atoms in total. The molecular formula is C38H61O10P. The third kappa shape index (κ3) is 33.4. The minimum absolute atomic E-state index is 0.0721. The highest BCUT2D eigenvalue weighted by Gasteiger charge is 2.27. The average Bonchev–Trinajstić information content (AvgIpc) is 3.09. The zero-order valence-corrected chi connectivity index (χ0v) is 30.5. The van der Waals surface area contributed by atoms with E-state index in [0.29, 0.717) is 19.3 Å². The van der Waals surface area contributed by atoms with Crippen molar-refractivity contribution in [2.75, 3.05) is 26.4 Å². The number of allylic oxidation sites excluding steroid dienone is 14. The second-order valence-corrected chi connectivity index (χ2v) is 12.7. The van der Waals surface area contributed by atoms with E-state index in [4.69, 9.17) is 19.1 Å². The van der Waals surface area contributed by atoms with Crippen molar-refractivity contribution < 1.29 is 47.8 Å². The maximum Gasteiger partial charge on any atom is 0.472 e. The Balaban J connectivity index is 4.65. The number of unbranched alkanes of at least 4 members (excludes halogenated alkanes) is 7. The van der Waals surface area contributed by atoms with E-state index in [1.807, 2.05) is 66.8 Å². The predicted molar refractivity (Wildman–Crippen MR) is 196 cm³/mol. The Morgan fingerprint density at radius 1 is 0.653 bits per heavy atom. The van der Waals surface area contributed by atoms with Gasteiger partial charge in [-0.25, -0.2) is 4.57 Å². The second-order valence-electron chi connectivity index (χ2n) is 11.3. The molecule has 0 saturated carbocycles. The highest BCUT2D eigenvalue weighted by atomic mass is 31.2. The lowest BCUT2D eigenvalue weighted by atomic mass is 10.1. The first-order valence-electron chi connectivity index (χ1n) is 17.6. The van der Waals surface area contributed by atoms with Gasteiger partial charge in [0, 0.05) is 12.8 Å². The Hall–Kier alpha value is -2.85. The van der Waals surface area contributed by atoms with Gasteiger partial charge >= 0.3 is 19.8 Å². The van der Waals surface area contributed by atoms with Crippen LogP contribution in [0, 0.1) is 0 Å². The smallest absolute Gasteiger partial charge is 0.462 e. The number of carbonyl (C=O) groups is 2. The summed E-state index contributed by atoms with van der Waals surface area (Å²) in [6.07, 6.45) is 37.3. The number of phosphoric acid groups is 1. The Labute approximate surface area is 294 Å². The SMILES string of the molecule is CC/C=C/C=C/C=C/C=C/C=C/CCCC(=O)OC(COC(=O)CC/C=C/C/C=C/CCCCCCCC)COP(=O)(O)OC[C@@H](O)CO. The summed E-state index contributed by atoms with van der Waals surface area (Å²) in [5.41, 5.74) is 0. The zero-order chi connectivity index (χ0) is 36.3. The summed E-state index contributed by atoms with van der Waals surface area (Å²) in [5.74, 6) is -1.10. The molecule has 0 spiro atoms. The summed E-state index contributed by atoms with van der Waals surface area (Å²) in [4.78, 5) is 34.6. The summed E-state index contributed by atoms with van der Waals surface area (Å²) >= 11 is 0. The number of carbonyl (C=O) groups excluding carboxylic acids is 2. The summed E-state index contributed by atoms with van der Waals surface area (Å²) in [5, 5.41) is 18.2. The van der Waals surface area contributed by atoms with E-state index in [2.05, 4.69) is 36.6 Å². The Bertz CT molecular complexity index is 1090. The molecule has 0 aliphatic heterocycles. The van der Waals surface area contributed by atoms with E-state index in [1.54, 1.807) is 0 Å².